The van der Waals surface area contributed by atoms with Gasteiger partial charge in [-0.05, 0) is 30.7 Å². The van der Waals surface area contributed by atoms with Gasteiger partial charge in [0.15, 0.2) is 11.8 Å². The minimum atomic E-state index is 0. The van der Waals surface area contributed by atoms with Crippen molar-refractivity contribution in [3.63, 3.8) is 0 Å². The molecule has 1 aromatic heterocycles. The van der Waals surface area contributed by atoms with Crippen LogP contribution in [0.4, 0.5) is 0 Å². The lowest BCUT2D eigenvalue weighted by Crippen LogP contribution is -2.47. The van der Waals surface area contributed by atoms with E-state index >= 15 is 0 Å². The Morgan fingerprint density at radius 1 is 1.36 bits per heavy atom. The number of aryl methyl sites for hydroxylation is 1. The molecule has 8 nitrogen and oxygen atoms in total. The zero-order valence-electron chi connectivity index (χ0n) is 16.0. The molecule has 154 valence electrons. The van der Waals surface area contributed by atoms with Crippen molar-refractivity contribution in [3.05, 3.63) is 40.4 Å². The third-order valence-corrected chi connectivity index (χ3v) is 4.75. The van der Waals surface area contributed by atoms with E-state index in [0.717, 1.165) is 47.2 Å². The highest BCUT2D eigenvalue weighted by Crippen LogP contribution is 2.16. The highest BCUT2D eigenvalue weighted by molar-refractivity contribution is 14.0. The second-order valence-electron chi connectivity index (χ2n) is 6.24. The Balaban J connectivity index is 0.00000280. The summed E-state index contributed by atoms with van der Waals surface area (Å²) < 4.78 is 13.8. The number of aliphatic imine (C=N–C) groups is 1. The number of halogens is 2. The van der Waals surface area contributed by atoms with E-state index in [1.807, 2.05) is 28.9 Å². The molecule has 1 atom stereocenters. The molecule has 3 rings (SSSR count). The van der Waals surface area contributed by atoms with E-state index in [1.165, 1.54) is 0 Å². The Hall–Kier alpha value is -1.40. The Bertz CT molecular complexity index is 768. The summed E-state index contributed by atoms with van der Waals surface area (Å²) in [5.74, 6) is 3.37. The van der Waals surface area contributed by atoms with Crippen molar-refractivity contribution in [1.29, 1.82) is 0 Å². The second kappa shape index (κ2) is 11.6. The summed E-state index contributed by atoms with van der Waals surface area (Å²) in [5, 5.41) is 11.2. The largest absolute Gasteiger partial charge is 0.492 e. The fourth-order valence-electron chi connectivity index (χ4n) is 2.93. The first-order valence-corrected chi connectivity index (χ1v) is 9.74. The lowest BCUT2D eigenvalue weighted by Gasteiger charge is -2.25. The van der Waals surface area contributed by atoms with Gasteiger partial charge in [-0.25, -0.2) is 9.67 Å². The van der Waals surface area contributed by atoms with Crippen LogP contribution in [0.3, 0.4) is 0 Å². The van der Waals surface area contributed by atoms with Gasteiger partial charge in [0.25, 0.3) is 0 Å². The van der Waals surface area contributed by atoms with Gasteiger partial charge in [-0.1, -0.05) is 15.9 Å². The van der Waals surface area contributed by atoms with Crippen molar-refractivity contribution >= 4 is 45.9 Å². The summed E-state index contributed by atoms with van der Waals surface area (Å²) in [5.41, 5.74) is 0. The highest BCUT2D eigenvalue weighted by atomic mass is 127. The molecule has 28 heavy (non-hydrogen) atoms. The van der Waals surface area contributed by atoms with E-state index in [2.05, 4.69) is 41.6 Å². The van der Waals surface area contributed by atoms with E-state index in [-0.39, 0.29) is 30.0 Å². The van der Waals surface area contributed by atoms with Gasteiger partial charge in [-0.3, -0.25) is 4.99 Å². The maximum atomic E-state index is 5.72. The van der Waals surface area contributed by atoms with Gasteiger partial charge in [0.05, 0.1) is 13.1 Å². The standard InChI is InChI=1S/C18H25BrN6O2.HI/c1-20-18(21-9-10-27-15-6-3-13(19)4-7-15)22-14-5-8-17-23-16(12-26-2)24-25(17)11-14;/h3-4,6-7,14H,5,8-12H2,1-2H3,(H2,20,21,22);1H. The monoisotopic (exact) mass is 564 g/mol. The molecular formula is C18H26BrIN6O2. The Morgan fingerprint density at radius 3 is 2.86 bits per heavy atom. The summed E-state index contributed by atoms with van der Waals surface area (Å²) >= 11 is 3.41. The molecule has 1 aliphatic rings. The second-order valence-corrected chi connectivity index (χ2v) is 7.16. The normalized spacial score (nSPS) is 16.1. The van der Waals surface area contributed by atoms with Crippen LogP contribution in [0.15, 0.2) is 33.7 Å². The van der Waals surface area contributed by atoms with Gasteiger partial charge >= 0.3 is 0 Å². The molecule has 0 saturated carbocycles. The van der Waals surface area contributed by atoms with Crippen molar-refractivity contribution < 1.29 is 9.47 Å². The van der Waals surface area contributed by atoms with Crippen molar-refractivity contribution in [1.82, 2.24) is 25.4 Å². The first kappa shape index (κ1) is 22.9. The fraction of sp³-hybridized carbons (Fsp3) is 0.500. The topological polar surface area (TPSA) is 85.6 Å². The number of hydrogen-bond donors (Lipinski definition) is 2. The van der Waals surface area contributed by atoms with Crippen LogP contribution in [0.2, 0.25) is 0 Å². The number of aromatic nitrogens is 3. The van der Waals surface area contributed by atoms with Crippen LogP contribution >= 0.6 is 39.9 Å². The number of rotatable bonds is 7. The number of benzene rings is 1. The maximum Gasteiger partial charge on any atom is 0.191 e. The van der Waals surface area contributed by atoms with Crippen molar-refractivity contribution in [2.75, 3.05) is 27.3 Å². The summed E-state index contributed by atoms with van der Waals surface area (Å²) in [4.78, 5) is 8.80. The average molecular weight is 565 g/mol. The molecule has 10 heteroatoms. The van der Waals surface area contributed by atoms with Gasteiger partial charge < -0.3 is 20.1 Å². The predicted molar refractivity (Wildman–Crippen MR) is 122 cm³/mol. The minimum absolute atomic E-state index is 0. The summed E-state index contributed by atoms with van der Waals surface area (Å²) in [6.07, 6.45) is 1.87. The number of nitrogens with zero attached hydrogens (tertiary/aromatic N) is 4. The molecule has 0 spiro atoms. The molecule has 1 unspecified atom stereocenters. The van der Waals surface area contributed by atoms with Gasteiger partial charge in [0.2, 0.25) is 0 Å². The van der Waals surface area contributed by atoms with Crippen LogP contribution < -0.4 is 15.4 Å². The minimum Gasteiger partial charge on any atom is -0.492 e. The maximum absolute atomic E-state index is 5.72. The first-order valence-electron chi connectivity index (χ1n) is 8.95. The van der Waals surface area contributed by atoms with Gasteiger partial charge in [0, 0.05) is 31.1 Å². The lowest BCUT2D eigenvalue weighted by molar-refractivity contribution is 0.177. The van der Waals surface area contributed by atoms with Crippen LogP contribution in [-0.4, -0.2) is 54.1 Å². The highest BCUT2D eigenvalue weighted by Gasteiger charge is 2.22. The molecule has 0 radical (unpaired) electrons. The molecule has 0 bridgehead atoms. The number of methoxy groups -OCH3 is 1. The quantitative estimate of drug-likeness (QED) is 0.232. The number of fused-ring (bicyclic) bond motifs is 1. The first-order chi connectivity index (χ1) is 13.2. The van der Waals surface area contributed by atoms with Gasteiger partial charge in [-0.15, -0.1) is 24.0 Å². The van der Waals surface area contributed by atoms with Gasteiger partial charge in [0.1, 0.15) is 24.8 Å². The predicted octanol–water partition coefficient (Wildman–Crippen LogP) is 2.36. The molecule has 1 aromatic carbocycles. The van der Waals surface area contributed by atoms with E-state index < -0.39 is 0 Å². The summed E-state index contributed by atoms with van der Waals surface area (Å²) in [6, 6.07) is 8.05. The number of ether oxygens (including phenoxy) is 2. The van der Waals surface area contributed by atoms with Crippen molar-refractivity contribution in [3.8, 4) is 5.75 Å². The number of hydrogen-bond acceptors (Lipinski definition) is 5. The van der Waals surface area contributed by atoms with Crippen LogP contribution in [0.5, 0.6) is 5.75 Å². The van der Waals surface area contributed by atoms with Crippen LogP contribution in [-0.2, 0) is 24.3 Å². The average Bonchev–Trinajstić information content (AvgIpc) is 3.07. The van der Waals surface area contributed by atoms with E-state index in [0.29, 0.717) is 19.8 Å². The molecular weight excluding hydrogens is 539 g/mol. The third-order valence-electron chi connectivity index (χ3n) is 4.22. The number of guanidine groups is 1. The van der Waals surface area contributed by atoms with Crippen LogP contribution in [0.1, 0.15) is 18.1 Å². The van der Waals surface area contributed by atoms with Crippen molar-refractivity contribution in [2.24, 2.45) is 4.99 Å². The molecule has 0 aliphatic carbocycles. The van der Waals surface area contributed by atoms with Crippen molar-refractivity contribution in [2.45, 2.75) is 32.0 Å². The zero-order chi connectivity index (χ0) is 19.1. The fourth-order valence-corrected chi connectivity index (χ4v) is 3.19. The van der Waals surface area contributed by atoms with E-state index in [4.69, 9.17) is 9.47 Å². The Labute approximate surface area is 190 Å². The lowest BCUT2D eigenvalue weighted by atomic mass is 10.1. The number of nitrogens with one attached hydrogen (secondary N) is 2. The molecule has 1 aliphatic heterocycles. The summed E-state index contributed by atoms with van der Waals surface area (Å²) in [7, 11) is 3.42. The smallest absolute Gasteiger partial charge is 0.191 e. The third kappa shape index (κ3) is 6.59. The van der Waals surface area contributed by atoms with E-state index in [9.17, 15) is 0 Å². The molecule has 2 N–H and O–H groups in total. The van der Waals surface area contributed by atoms with Crippen LogP contribution in [0.25, 0.3) is 0 Å². The SMILES string of the molecule is CN=C(NCCOc1ccc(Br)cc1)NC1CCc2nc(COC)nn2C1.I. The molecule has 2 heterocycles. The zero-order valence-corrected chi connectivity index (χ0v) is 19.9. The Kier molecular flexibility index (Phi) is 9.45. The summed E-state index contributed by atoms with van der Waals surface area (Å²) in [6.45, 7) is 2.43. The van der Waals surface area contributed by atoms with Gasteiger partial charge in [-0.2, -0.15) is 5.10 Å². The molecule has 0 fully saturated rings. The molecule has 2 aromatic rings. The molecule has 0 saturated heterocycles. The molecule has 0 amide bonds. The van der Waals surface area contributed by atoms with Crippen LogP contribution in [0, 0.1) is 0 Å². The Morgan fingerprint density at radius 2 is 2.14 bits per heavy atom. The van der Waals surface area contributed by atoms with E-state index in [1.54, 1.807) is 14.2 Å².